The number of hydrogen-bond acceptors (Lipinski definition) is 2. The van der Waals surface area contributed by atoms with Crippen molar-refractivity contribution in [2.45, 2.75) is 38.6 Å². The molecule has 0 atom stereocenters. The molecule has 1 saturated carbocycles. The van der Waals surface area contributed by atoms with Crippen molar-refractivity contribution in [3.05, 3.63) is 28.7 Å². The molecule has 0 aromatic heterocycles. The van der Waals surface area contributed by atoms with Crippen molar-refractivity contribution in [3.63, 3.8) is 0 Å². The van der Waals surface area contributed by atoms with Gasteiger partial charge < -0.3 is 10.2 Å². The fourth-order valence-corrected chi connectivity index (χ4v) is 3.03. The van der Waals surface area contributed by atoms with E-state index in [-0.39, 0.29) is 24.4 Å². The first-order chi connectivity index (χ1) is 9.56. The summed E-state index contributed by atoms with van der Waals surface area (Å²) in [6, 6.07) is 7.65. The van der Waals surface area contributed by atoms with Gasteiger partial charge in [-0.1, -0.05) is 34.8 Å². The molecule has 4 nitrogen and oxygen atoms in total. The fourth-order valence-electron chi connectivity index (χ4n) is 2.63. The van der Waals surface area contributed by atoms with Crippen LogP contribution in [-0.4, -0.2) is 29.3 Å². The molecule has 2 amide bonds. The Balaban J connectivity index is 1.96. The van der Waals surface area contributed by atoms with Gasteiger partial charge in [0.25, 0.3) is 0 Å². The number of amides is 2. The second kappa shape index (κ2) is 6.88. The Kier molecular flexibility index (Phi) is 5.17. The third-order valence-corrected chi connectivity index (χ3v) is 4.09. The van der Waals surface area contributed by atoms with Crippen LogP contribution in [0.2, 0.25) is 0 Å². The third-order valence-electron chi connectivity index (χ3n) is 3.59. The molecule has 2 rings (SSSR count). The van der Waals surface area contributed by atoms with E-state index in [0.717, 1.165) is 35.8 Å². The van der Waals surface area contributed by atoms with E-state index in [1.54, 1.807) is 4.90 Å². The normalized spacial score (nSPS) is 15.1. The van der Waals surface area contributed by atoms with Crippen LogP contribution in [0.25, 0.3) is 0 Å². The smallest absolute Gasteiger partial charge is 0.244 e. The number of anilines is 1. The molecule has 1 aromatic rings. The van der Waals surface area contributed by atoms with Crippen LogP contribution in [0.3, 0.4) is 0 Å². The fraction of sp³-hybridized carbons (Fsp3) is 0.467. The molecule has 108 valence electrons. The summed E-state index contributed by atoms with van der Waals surface area (Å²) in [5.41, 5.74) is 0.735. The molecule has 0 aliphatic heterocycles. The Labute approximate surface area is 127 Å². The standard InChI is InChI=1S/C15H19BrN2O2/c1-11(19)18(14-7-2-3-8-14)10-15(20)17-13-6-4-5-12(16)9-13/h4-6,9,14H,2-3,7-8,10H2,1H3,(H,17,20). The van der Waals surface area contributed by atoms with Crippen molar-refractivity contribution in [1.82, 2.24) is 4.90 Å². The van der Waals surface area contributed by atoms with Gasteiger partial charge >= 0.3 is 0 Å². The molecule has 1 aromatic carbocycles. The molecule has 0 radical (unpaired) electrons. The Morgan fingerprint density at radius 2 is 2.05 bits per heavy atom. The number of carbonyl (C=O) groups excluding carboxylic acids is 2. The number of hydrogen-bond donors (Lipinski definition) is 1. The molecule has 0 unspecified atom stereocenters. The predicted molar refractivity (Wildman–Crippen MR) is 82.4 cm³/mol. The van der Waals surface area contributed by atoms with Gasteiger partial charge in [-0.2, -0.15) is 0 Å². The Bertz CT molecular complexity index is 498. The summed E-state index contributed by atoms with van der Waals surface area (Å²) in [7, 11) is 0. The highest BCUT2D eigenvalue weighted by Crippen LogP contribution is 2.23. The molecule has 1 fully saturated rings. The monoisotopic (exact) mass is 338 g/mol. The number of carbonyl (C=O) groups is 2. The minimum atomic E-state index is -0.148. The number of nitrogens with zero attached hydrogens (tertiary/aromatic N) is 1. The largest absolute Gasteiger partial charge is 0.331 e. The Hall–Kier alpha value is -1.36. The van der Waals surface area contributed by atoms with Gasteiger partial charge in [0.15, 0.2) is 0 Å². The first kappa shape index (κ1) is 15.0. The minimum Gasteiger partial charge on any atom is -0.331 e. The lowest BCUT2D eigenvalue weighted by molar-refractivity contribution is -0.135. The second-order valence-electron chi connectivity index (χ2n) is 5.14. The van der Waals surface area contributed by atoms with Gasteiger partial charge in [0.1, 0.15) is 6.54 Å². The second-order valence-corrected chi connectivity index (χ2v) is 6.06. The van der Waals surface area contributed by atoms with Crippen molar-refractivity contribution in [2.24, 2.45) is 0 Å². The van der Waals surface area contributed by atoms with Crippen molar-refractivity contribution in [3.8, 4) is 0 Å². The number of nitrogens with one attached hydrogen (secondary N) is 1. The number of halogens is 1. The highest BCUT2D eigenvalue weighted by Gasteiger charge is 2.26. The summed E-state index contributed by atoms with van der Waals surface area (Å²) in [6.07, 6.45) is 4.29. The van der Waals surface area contributed by atoms with Crippen LogP contribution < -0.4 is 5.32 Å². The molecule has 20 heavy (non-hydrogen) atoms. The van der Waals surface area contributed by atoms with E-state index in [9.17, 15) is 9.59 Å². The van der Waals surface area contributed by atoms with E-state index in [0.29, 0.717) is 0 Å². The molecule has 5 heteroatoms. The zero-order valence-corrected chi connectivity index (χ0v) is 13.1. The van der Waals surface area contributed by atoms with Crippen LogP contribution >= 0.6 is 15.9 Å². The molecule has 1 aliphatic carbocycles. The first-order valence-corrected chi connectivity index (χ1v) is 7.68. The van der Waals surface area contributed by atoms with Crippen LogP contribution in [0.5, 0.6) is 0 Å². The van der Waals surface area contributed by atoms with E-state index >= 15 is 0 Å². The Morgan fingerprint density at radius 1 is 1.35 bits per heavy atom. The van der Waals surface area contributed by atoms with Crippen molar-refractivity contribution >= 4 is 33.4 Å². The van der Waals surface area contributed by atoms with E-state index in [1.165, 1.54) is 6.92 Å². The summed E-state index contributed by atoms with van der Waals surface area (Å²) in [6.45, 7) is 1.66. The first-order valence-electron chi connectivity index (χ1n) is 6.89. The van der Waals surface area contributed by atoms with Gasteiger partial charge in [-0.15, -0.1) is 0 Å². The lowest BCUT2D eigenvalue weighted by Crippen LogP contribution is -2.42. The van der Waals surface area contributed by atoms with Crippen LogP contribution in [0.15, 0.2) is 28.7 Å². The number of benzene rings is 1. The number of rotatable bonds is 4. The quantitative estimate of drug-likeness (QED) is 0.916. The van der Waals surface area contributed by atoms with Crippen LogP contribution in [0.4, 0.5) is 5.69 Å². The molecular formula is C15H19BrN2O2. The molecule has 0 spiro atoms. The van der Waals surface area contributed by atoms with Crippen LogP contribution in [0, 0.1) is 0 Å². The van der Waals surface area contributed by atoms with Crippen molar-refractivity contribution in [2.75, 3.05) is 11.9 Å². The van der Waals surface area contributed by atoms with E-state index in [1.807, 2.05) is 24.3 Å². The zero-order chi connectivity index (χ0) is 14.5. The third kappa shape index (κ3) is 4.07. The lowest BCUT2D eigenvalue weighted by Gasteiger charge is -2.27. The van der Waals surface area contributed by atoms with E-state index < -0.39 is 0 Å². The molecule has 0 bridgehead atoms. The van der Waals surface area contributed by atoms with Gasteiger partial charge in [-0.3, -0.25) is 9.59 Å². The maximum atomic E-state index is 12.1. The maximum absolute atomic E-state index is 12.1. The molecule has 0 heterocycles. The van der Waals surface area contributed by atoms with Crippen LogP contribution in [0.1, 0.15) is 32.6 Å². The predicted octanol–water partition coefficient (Wildman–Crippen LogP) is 3.18. The maximum Gasteiger partial charge on any atom is 0.244 e. The van der Waals surface area contributed by atoms with Gasteiger partial charge in [-0.05, 0) is 31.0 Å². The van der Waals surface area contributed by atoms with Gasteiger partial charge in [-0.25, -0.2) is 0 Å². The van der Waals surface area contributed by atoms with E-state index in [2.05, 4.69) is 21.2 Å². The van der Waals surface area contributed by atoms with E-state index in [4.69, 9.17) is 0 Å². The average Bonchev–Trinajstić information content (AvgIpc) is 2.89. The van der Waals surface area contributed by atoms with Crippen molar-refractivity contribution in [1.29, 1.82) is 0 Å². The average molecular weight is 339 g/mol. The summed E-state index contributed by atoms with van der Waals surface area (Å²) in [5, 5.41) is 2.83. The van der Waals surface area contributed by atoms with Crippen molar-refractivity contribution < 1.29 is 9.59 Å². The van der Waals surface area contributed by atoms with Gasteiger partial charge in [0.2, 0.25) is 11.8 Å². The SMILES string of the molecule is CC(=O)N(CC(=O)Nc1cccc(Br)c1)C1CCCC1. The topological polar surface area (TPSA) is 49.4 Å². The van der Waals surface area contributed by atoms with Gasteiger partial charge in [0.05, 0.1) is 0 Å². The highest BCUT2D eigenvalue weighted by molar-refractivity contribution is 9.10. The molecular weight excluding hydrogens is 320 g/mol. The lowest BCUT2D eigenvalue weighted by atomic mass is 10.2. The van der Waals surface area contributed by atoms with Crippen LogP contribution in [-0.2, 0) is 9.59 Å². The minimum absolute atomic E-state index is 0.0266. The molecule has 1 N–H and O–H groups in total. The Morgan fingerprint density at radius 3 is 2.65 bits per heavy atom. The molecule has 0 saturated heterocycles. The highest BCUT2D eigenvalue weighted by atomic mass is 79.9. The summed E-state index contributed by atoms with van der Waals surface area (Å²) in [5.74, 6) is -0.175. The molecule has 1 aliphatic rings. The summed E-state index contributed by atoms with van der Waals surface area (Å²) >= 11 is 3.36. The zero-order valence-electron chi connectivity index (χ0n) is 11.6. The van der Waals surface area contributed by atoms with Gasteiger partial charge in [0, 0.05) is 23.1 Å². The summed E-state index contributed by atoms with van der Waals surface area (Å²) in [4.78, 5) is 25.5. The summed E-state index contributed by atoms with van der Waals surface area (Å²) < 4.78 is 0.912.